The van der Waals surface area contributed by atoms with Gasteiger partial charge in [0.25, 0.3) is 0 Å². The Hall–Kier alpha value is -1.73. The number of nitrogens with zero attached hydrogens (tertiary/aromatic N) is 4. The Labute approximate surface area is 96.6 Å². The maximum absolute atomic E-state index is 12.3. The largest absolute Gasteiger partial charge is 0.467 e. The third kappa shape index (κ3) is 2.34. The molecule has 0 aromatic carbocycles. The maximum atomic E-state index is 12.3. The fourth-order valence-electron chi connectivity index (χ4n) is 1.49. The van der Waals surface area contributed by atoms with Crippen LogP contribution in [0.15, 0.2) is 0 Å². The normalized spacial score (nSPS) is 15.9. The van der Waals surface area contributed by atoms with Crippen molar-refractivity contribution in [2.75, 3.05) is 32.2 Å². The van der Waals surface area contributed by atoms with E-state index in [1.165, 1.54) is 14.2 Å². The number of aromatic nitrogens is 3. The summed E-state index contributed by atoms with van der Waals surface area (Å²) in [4.78, 5) is 13.4. The summed E-state index contributed by atoms with van der Waals surface area (Å²) in [6, 6.07) is 0.208. The van der Waals surface area contributed by atoms with Crippen molar-refractivity contribution in [1.29, 1.82) is 0 Å². The number of methoxy groups -OCH3 is 2. The van der Waals surface area contributed by atoms with E-state index in [0.717, 1.165) is 0 Å². The predicted molar refractivity (Wildman–Crippen MR) is 54.6 cm³/mol. The molecule has 0 spiro atoms. The van der Waals surface area contributed by atoms with Crippen molar-refractivity contribution in [2.24, 2.45) is 5.92 Å². The van der Waals surface area contributed by atoms with Crippen LogP contribution in [0.25, 0.3) is 0 Å². The molecule has 17 heavy (non-hydrogen) atoms. The van der Waals surface area contributed by atoms with Crippen LogP contribution < -0.4 is 14.4 Å². The molecule has 6 nitrogen and oxygen atoms in total. The number of ether oxygens (including phenoxy) is 2. The number of rotatable bonds is 4. The molecule has 1 aliphatic heterocycles. The fraction of sp³-hybridized carbons (Fsp3) is 0.667. The lowest BCUT2D eigenvalue weighted by molar-refractivity contribution is 0.0607. The highest BCUT2D eigenvalue weighted by atomic mass is 19.3. The van der Waals surface area contributed by atoms with Gasteiger partial charge in [0.15, 0.2) is 0 Å². The zero-order chi connectivity index (χ0) is 12.4. The first-order valence-corrected chi connectivity index (χ1v) is 5.01. The standard InChI is InChI=1S/C9H12F2N4O2/c1-16-8-12-7(13-9(14-8)17-2)15-3-5(4-15)6(10)11/h5-6H,3-4H2,1-2H3. The Morgan fingerprint density at radius 2 is 1.65 bits per heavy atom. The van der Waals surface area contributed by atoms with Crippen LogP contribution in [0.2, 0.25) is 0 Å². The summed E-state index contributed by atoms with van der Waals surface area (Å²) in [6.45, 7) is 0.460. The van der Waals surface area contributed by atoms with E-state index in [1.807, 2.05) is 0 Å². The number of alkyl halides is 2. The van der Waals surface area contributed by atoms with Crippen molar-refractivity contribution >= 4 is 5.95 Å². The van der Waals surface area contributed by atoms with Crippen molar-refractivity contribution in [3.63, 3.8) is 0 Å². The van der Waals surface area contributed by atoms with Crippen LogP contribution in [0.5, 0.6) is 12.0 Å². The Kier molecular flexibility index (Phi) is 3.21. The Bertz CT molecular complexity index is 376. The molecule has 0 atom stereocenters. The Morgan fingerprint density at radius 1 is 1.12 bits per heavy atom. The van der Waals surface area contributed by atoms with Gasteiger partial charge in [-0.2, -0.15) is 9.97 Å². The molecule has 0 radical (unpaired) electrons. The lowest BCUT2D eigenvalue weighted by Crippen LogP contribution is -2.50. The van der Waals surface area contributed by atoms with Gasteiger partial charge in [0.05, 0.1) is 20.1 Å². The van der Waals surface area contributed by atoms with E-state index < -0.39 is 12.3 Å². The highest BCUT2D eigenvalue weighted by Crippen LogP contribution is 2.27. The highest BCUT2D eigenvalue weighted by molar-refractivity contribution is 5.36. The van der Waals surface area contributed by atoms with Gasteiger partial charge in [-0.3, -0.25) is 0 Å². The van der Waals surface area contributed by atoms with Crippen molar-refractivity contribution < 1.29 is 18.3 Å². The molecule has 1 aliphatic rings. The number of anilines is 1. The van der Waals surface area contributed by atoms with E-state index in [9.17, 15) is 8.78 Å². The minimum atomic E-state index is -2.31. The molecule has 0 saturated carbocycles. The van der Waals surface area contributed by atoms with Crippen LogP contribution in [0.4, 0.5) is 14.7 Å². The molecule has 1 fully saturated rings. The summed E-state index contributed by atoms with van der Waals surface area (Å²) < 4.78 is 34.4. The molecule has 1 aromatic rings. The van der Waals surface area contributed by atoms with E-state index in [1.54, 1.807) is 4.90 Å². The zero-order valence-corrected chi connectivity index (χ0v) is 9.43. The van der Waals surface area contributed by atoms with Crippen LogP contribution in [-0.2, 0) is 0 Å². The Morgan fingerprint density at radius 3 is 2.06 bits per heavy atom. The molecule has 8 heteroatoms. The quantitative estimate of drug-likeness (QED) is 0.775. The smallest absolute Gasteiger partial charge is 0.324 e. The molecule has 0 amide bonds. The summed E-state index contributed by atoms with van der Waals surface area (Å²) >= 11 is 0. The zero-order valence-electron chi connectivity index (χ0n) is 9.43. The van der Waals surface area contributed by atoms with E-state index in [0.29, 0.717) is 5.95 Å². The van der Waals surface area contributed by atoms with Gasteiger partial charge in [0.1, 0.15) is 0 Å². The molecular weight excluding hydrogens is 234 g/mol. The SMILES string of the molecule is COc1nc(OC)nc(N2CC(C(F)F)C2)n1. The van der Waals surface area contributed by atoms with Gasteiger partial charge >= 0.3 is 12.0 Å². The average molecular weight is 246 g/mol. The van der Waals surface area contributed by atoms with Crippen LogP contribution >= 0.6 is 0 Å². The monoisotopic (exact) mass is 246 g/mol. The second kappa shape index (κ2) is 4.64. The van der Waals surface area contributed by atoms with E-state index >= 15 is 0 Å². The summed E-state index contributed by atoms with van der Waals surface area (Å²) in [6.07, 6.45) is -2.31. The van der Waals surface area contributed by atoms with Gasteiger partial charge in [0, 0.05) is 13.1 Å². The second-order valence-corrected chi connectivity index (χ2v) is 3.61. The minimum absolute atomic E-state index is 0.104. The van der Waals surface area contributed by atoms with Crippen molar-refractivity contribution in [3.8, 4) is 12.0 Å². The predicted octanol–water partition coefficient (Wildman–Crippen LogP) is 0.590. The van der Waals surface area contributed by atoms with Gasteiger partial charge in [-0.25, -0.2) is 8.78 Å². The molecule has 1 aromatic heterocycles. The fourth-order valence-corrected chi connectivity index (χ4v) is 1.49. The lowest BCUT2D eigenvalue weighted by Gasteiger charge is -2.38. The average Bonchev–Trinajstić information content (AvgIpc) is 2.26. The number of hydrogen-bond donors (Lipinski definition) is 0. The molecule has 0 unspecified atom stereocenters. The summed E-state index contributed by atoms with van der Waals surface area (Å²) in [7, 11) is 2.83. The van der Waals surface area contributed by atoms with Crippen LogP contribution in [0.1, 0.15) is 0 Å². The lowest BCUT2D eigenvalue weighted by atomic mass is 10.0. The summed E-state index contributed by atoms with van der Waals surface area (Å²) in [5.74, 6) is -0.325. The molecule has 1 saturated heterocycles. The molecule has 94 valence electrons. The highest BCUT2D eigenvalue weighted by Gasteiger charge is 2.35. The van der Waals surface area contributed by atoms with Gasteiger partial charge in [-0.15, -0.1) is 4.98 Å². The van der Waals surface area contributed by atoms with E-state index in [-0.39, 0.29) is 25.1 Å². The molecular formula is C9H12F2N4O2. The maximum Gasteiger partial charge on any atom is 0.324 e. The van der Waals surface area contributed by atoms with Crippen LogP contribution in [0.3, 0.4) is 0 Å². The van der Waals surface area contributed by atoms with Crippen molar-refractivity contribution in [2.45, 2.75) is 6.43 Å². The first-order valence-electron chi connectivity index (χ1n) is 5.01. The van der Waals surface area contributed by atoms with Crippen molar-refractivity contribution in [3.05, 3.63) is 0 Å². The van der Waals surface area contributed by atoms with Gasteiger partial charge in [0.2, 0.25) is 12.4 Å². The third-order valence-electron chi connectivity index (χ3n) is 2.50. The van der Waals surface area contributed by atoms with Gasteiger partial charge < -0.3 is 14.4 Å². The summed E-state index contributed by atoms with van der Waals surface area (Å²) in [5.41, 5.74) is 0. The first kappa shape index (κ1) is 11.7. The first-order chi connectivity index (χ1) is 8.13. The van der Waals surface area contributed by atoms with Gasteiger partial charge in [-0.1, -0.05) is 0 Å². The molecule has 0 bridgehead atoms. The topological polar surface area (TPSA) is 60.4 Å². The van der Waals surface area contributed by atoms with Crippen LogP contribution in [-0.4, -0.2) is 48.7 Å². The molecule has 2 heterocycles. The molecule has 2 rings (SSSR count). The van der Waals surface area contributed by atoms with Crippen LogP contribution in [0, 0.1) is 5.92 Å². The molecule has 0 aliphatic carbocycles. The number of hydrogen-bond acceptors (Lipinski definition) is 6. The van der Waals surface area contributed by atoms with E-state index in [4.69, 9.17) is 9.47 Å². The van der Waals surface area contributed by atoms with E-state index in [2.05, 4.69) is 15.0 Å². The molecule has 0 N–H and O–H groups in total. The number of halogens is 2. The summed E-state index contributed by atoms with van der Waals surface area (Å²) in [5, 5.41) is 0. The second-order valence-electron chi connectivity index (χ2n) is 3.61. The van der Waals surface area contributed by atoms with Gasteiger partial charge in [-0.05, 0) is 0 Å². The van der Waals surface area contributed by atoms with Crippen molar-refractivity contribution in [1.82, 2.24) is 15.0 Å². The minimum Gasteiger partial charge on any atom is -0.467 e. The Balaban J connectivity index is 2.11. The third-order valence-corrected chi connectivity index (χ3v) is 2.50.